The molecule has 5 nitrogen and oxygen atoms in total. The SMILES string of the molecule is COCC(=O)C=CCn1cnc(-c2cccc(Cl)c2)n1. The normalized spacial score (nSPS) is 11.1. The molecule has 0 saturated carbocycles. The summed E-state index contributed by atoms with van der Waals surface area (Å²) in [5, 5.41) is 4.96. The lowest BCUT2D eigenvalue weighted by Crippen LogP contribution is -2.03. The first-order chi connectivity index (χ1) is 9.69. The Morgan fingerprint density at radius 2 is 2.35 bits per heavy atom. The van der Waals surface area contributed by atoms with E-state index in [1.165, 1.54) is 13.2 Å². The third-order valence-corrected chi connectivity index (χ3v) is 2.74. The molecule has 6 heteroatoms. The average Bonchev–Trinajstić information content (AvgIpc) is 2.88. The smallest absolute Gasteiger partial charge is 0.181 e. The zero-order valence-corrected chi connectivity index (χ0v) is 11.7. The van der Waals surface area contributed by atoms with Crippen LogP contribution in [0.25, 0.3) is 11.4 Å². The number of allylic oxidation sites excluding steroid dienone is 1. The fourth-order valence-corrected chi connectivity index (χ4v) is 1.82. The number of ether oxygens (including phenoxy) is 1. The molecule has 1 heterocycles. The van der Waals surface area contributed by atoms with Crippen molar-refractivity contribution in [2.45, 2.75) is 6.54 Å². The van der Waals surface area contributed by atoms with Crippen LogP contribution in [0, 0.1) is 0 Å². The van der Waals surface area contributed by atoms with Gasteiger partial charge in [-0.25, -0.2) is 9.67 Å². The minimum atomic E-state index is -0.0809. The Labute approximate surface area is 121 Å². The number of carbonyl (C=O) groups excluding carboxylic acids is 1. The maximum absolute atomic E-state index is 11.2. The molecule has 0 atom stereocenters. The van der Waals surface area contributed by atoms with Crippen LogP contribution < -0.4 is 0 Å². The van der Waals surface area contributed by atoms with E-state index in [-0.39, 0.29) is 12.4 Å². The second-order valence-electron chi connectivity index (χ2n) is 4.10. The van der Waals surface area contributed by atoms with E-state index in [1.807, 2.05) is 12.1 Å². The first kappa shape index (κ1) is 14.4. The molecular weight excluding hydrogens is 278 g/mol. The molecule has 20 heavy (non-hydrogen) atoms. The Morgan fingerprint density at radius 1 is 1.50 bits per heavy atom. The van der Waals surface area contributed by atoms with Crippen LogP contribution in [0.15, 0.2) is 42.7 Å². The van der Waals surface area contributed by atoms with Gasteiger partial charge in [0.2, 0.25) is 0 Å². The van der Waals surface area contributed by atoms with Crippen LogP contribution in [0.5, 0.6) is 0 Å². The molecule has 0 fully saturated rings. The molecule has 0 aliphatic rings. The number of rotatable bonds is 6. The standard InChI is InChI=1S/C14H14ClN3O2/c1-20-9-13(19)6-3-7-18-10-16-14(17-18)11-4-2-5-12(15)8-11/h2-6,8,10H,7,9H2,1H3. The van der Waals surface area contributed by atoms with Gasteiger partial charge in [0, 0.05) is 17.7 Å². The highest BCUT2D eigenvalue weighted by Gasteiger charge is 2.04. The van der Waals surface area contributed by atoms with Crippen LogP contribution in [0.3, 0.4) is 0 Å². The third-order valence-electron chi connectivity index (χ3n) is 2.50. The number of aromatic nitrogens is 3. The number of hydrogen-bond donors (Lipinski definition) is 0. The van der Waals surface area contributed by atoms with Crippen LogP contribution in [0.1, 0.15) is 0 Å². The number of carbonyl (C=O) groups is 1. The predicted molar refractivity (Wildman–Crippen MR) is 76.5 cm³/mol. The zero-order chi connectivity index (χ0) is 14.4. The minimum Gasteiger partial charge on any atom is -0.377 e. The van der Waals surface area contributed by atoms with Gasteiger partial charge in [-0.05, 0) is 18.2 Å². The highest BCUT2D eigenvalue weighted by Crippen LogP contribution is 2.18. The van der Waals surface area contributed by atoms with Gasteiger partial charge >= 0.3 is 0 Å². The molecule has 0 aliphatic carbocycles. The lowest BCUT2D eigenvalue weighted by Gasteiger charge is -1.96. The molecule has 0 bridgehead atoms. The zero-order valence-electron chi connectivity index (χ0n) is 11.0. The first-order valence-corrected chi connectivity index (χ1v) is 6.40. The van der Waals surface area contributed by atoms with Crippen molar-refractivity contribution < 1.29 is 9.53 Å². The van der Waals surface area contributed by atoms with Gasteiger partial charge in [-0.1, -0.05) is 29.8 Å². The Morgan fingerprint density at radius 3 is 3.10 bits per heavy atom. The van der Waals surface area contributed by atoms with Crippen LogP contribution >= 0.6 is 11.6 Å². The Bertz CT molecular complexity index is 622. The van der Waals surface area contributed by atoms with Crippen molar-refractivity contribution in [3.8, 4) is 11.4 Å². The molecular formula is C14H14ClN3O2. The van der Waals surface area contributed by atoms with Crippen molar-refractivity contribution >= 4 is 17.4 Å². The predicted octanol–water partition coefficient (Wildman–Crippen LogP) is 2.37. The van der Waals surface area contributed by atoms with Gasteiger partial charge in [-0.3, -0.25) is 4.79 Å². The number of methoxy groups -OCH3 is 1. The molecule has 2 aromatic rings. The van der Waals surface area contributed by atoms with E-state index < -0.39 is 0 Å². The molecule has 2 rings (SSSR count). The van der Waals surface area contributed by atoms with Crippen molar-refractivity contribution in [1.82, 2.24) is 14.8 Å². The molecule has 0 unspecified atom stereocenters. The summed E-state index contributed by atoms with van der Waals surface area (Å²) in [6, 6.07) is 7.34. The maximum Gasteiger partial charge on any atom is 0.181 e. The van der Waals surface area contributed by atoms with Gasteiger partial charge < -0.3 is 4.74 Å². The van der Waals surface area contributed by atoms with Gasteiger partial charge in [0.05, 0.1) is 6.54 Å². The summed E-state index contributed by atoms with van der Waals surface area (Å²) in [6.45, 7) is 0.560. The molecule has 104 valence electrons. The van der Waals surface area contributed by atoms with Crippen LogP contribution in [0.2, 0.25) is 5.02 Å². The van der Waals surface area contributed by atoms with E-state index in [2.05, 4.69) is 10.1 Å². The van der Waals surface area contributed by atoms with E-state index >= 15 is 0 Å². The average molecular weight is 292 g/mol. The number of hydrogen-bond acceptors (Lipinski definition) is 4. The van der Waals surface area contributed by atoms with Crippen molar-refractivity contribution in [3.63, 3.8) is 0 Å². The van der Waals surface area contributed by atoms with Gasteiger partial charge in [0.25, 0.3) is 0 Å². The van der Waals surface area contributed by atoms with Gasteiger partial charge in [0.1, 0.15) is 12.9 Å². The van der Waals surface area contributed by atoms with E-state index in [0.717, 1.165) is 5.56 Å². The number of benzene rings is 1. The highest BCUT2D eigenvalue weighted by atomic mass is 35.5. The summed E-state index contributed by atoms with van der Waals surface area (Å²) >= 11 is 5.93. The van der Waals surface area contributed by atoms with Crippen molar-refractivity contribution in [2.75, 3.05) is 13.7 Å². The molecule has 0 spiro atoms. The molecule has 0 N–H and O–H groups in total. The largest absolute Gasteiger partial charge is 0.377 e. The minimum absolute atomic E-state index is 0.0809. The summed E-state index contributed by atoms with van der Waals surface area (Å²) in [4.78, 5) is 15.4. The summed E-state index contributed by atoms with van der Waals surface area (Å²) in [6.07, 6.45) is 4.81. The summed E-state index contributed by atoms with van der Waals surface area (Å²) in [7, 11) is 1.49. The van der Waals surface area contributed by atoms with E-state index in [4.69, 9.17) is 16.3 Å². The Kier molecular flexibility index (Phi) is 5.03. The number of ketones is 1. The summed E-state index contributed by atoms with van der Waals surface area (Å²) in [5.41, 5.74) is 0.857. The van der Waals surface area contributed by atoms with E-state index in [9.17, 15) is 4.79 Å². The Balaban J connectivity index is 2.01. The lowest BCUT2D eigenvalue weighted by molar-refractivity contribution is -0.118. The summed E-state index contributed by atoms with van der Waals surface area (Å²) in [5.74, 6) is 0.520. The maximum atomic E-state index is 11.2. The number of halogens is 1. The molecule has 1 aromatic heterocycles. The highest BCUT2D eigenvalue weighted by molar-refractivity contribution is 6.30. The van der Waals surface area contributed by atoms with Gasteiger partial charge in [-0.2, -0.15) is 5.10 Å². The monoisotopic (exact) mass is 291 g/mol. The molecule has 0 radical (unpaired) electrons. The first-order valence-electron chi connectivity index (χ1n) is 6.03. The lowest BCUT2D eigenvalue weighted by atomic mass is 10.2. The second-order valence-corrected chi connectivity index (χ2v) is 4.54. The molecule has 1 aromatic carbocycles. The van der Waals surface area contributed by atoms with Gasteiger partial charge in [-0.15, -0.1) is 0 Å². The summed E-state index contributed by atoms with van der Waals surface area (Å²) < 4.78 is 6.38. The van der Waals surface area contributed by atoms with E-state index in [0.29, 0.717) is 17.4 Å². The molecule has 0 amide bonds. The fraction of sp³-hybridized carbons (Fsp3) is 0.214. The van der Waals surface area contributed by atoms with Crippen LogP contribution in [-0.4, -0.2) is 34.3 Å². The van der Waals surface area contributed by atoms with Crippen molar-refractivity contribution in [1.29, 1.82) is 0 Å². The molecule has 0 aliphatic heterocycles. The fourth-order valence-electron chi connectivity index (χ4n) is 1.62. The second kappa shape index (κ2) is 6.98. The van der Waals surface area contributed by atoms with Gasteiger partial charge in [0.15, 0.2) is 11.6 Å². The van der Waals surface area contributed by atoms with E-state index in [1.54, 1.807) is 29.2 Å². The number of nitrogens with zero attached hydrogens (tertiary/aromatic N) is 3. The quantitative estimate of drug-likeness (QED) is 0.767. The topological polar surface area (TPSA) is 57.0 Å². The molecule has 0 saturated heterocycles. The van der Waals surface area contributed by atoms with Crippen molar-refractivity contribution in [3.05, 3.63) is 47.8 Å². The Hall–Kier alpha value is -1.98. The van der Waals surface area contributed by atoms with Crippen molar-refractivity contribution in [2.24, 2.45) is 0 Å². The van der Waals surface area contributed by atoms with Crippen LogP contribution in [0.4, 0.5) is 0 Å². The third kappa shape index (κ3) is 4.01. The van der Waals surface area contributed by atoms with Crippen LogP contribution in [-0.2, 0) is 16.1 Å².